The van der Waals surface area contributed by atoms with Gasteiger partial charge >= 0.3 is 0 Å². The fourth-order valence-electron chi connectivity index (χ4n) is 4.27. The van der Waals surface area contributed by atoms with Gasteiger partial charge in [0.1, 0.15) is 0 Å². The summed E-state index contributed by atoms with van der Waals surface area (Å²) >= 11 is 0. The van der Waals surface area contributed by atoms with Crippen LogP contribution in [0, 0.1) is 33.8 Å². The van der Waals surface area contributed by atoms with Crippen molar-refractivity contribution in [2.24, 2.45) is 23.7 Å². The molecule has 6 heteroatoms. The molecule has 0 radical (unpaired) electrons. The number of rotatable bonds is 2. The quantitative estimate of drug-likeness (QED) is 0.363. The van der Waals surface area contributed by atoms with Crippen LogP contribution >= 0.6 is 0 Å². The second kappa shape index (κ2) is 4.25. The van der Waals surface area contributed by atoms with Gasteiger partial charge in [-0.25, -0.2) is 4.90 Å². The van der Waals surface area contributed by atoms with E-state index in [1.807, 2.05) is 6.92 Å². The highest BCUT2D eigenvalue weighted by Gasteiger charge is 2.60. The van der Waals surface area contributed by atoms with E-state index in [1.165, 1.54) is 23.8 Å². The van der Waals surface area contributed by atoms with Crippen molar-refractivity contribution < 1.29 is 14.5 Å². The predicted molar refractivity (Wildman–Crippen MR) is 77.9 cm³/mol. The minimum atomic E-state index is -0.523. The second-order valence-electron chi connectivity index (χ2n) is 6.26. The Labute approximate surface area is 126 Å². The minimum Gasteiger partial charge on any atom is -0.274 e. The third kappa shape index (κ3) is 1.55. The Kier molecular flexibility index (Phi) is 2.55. The Hall–Kier alpha value is -2.50. The Balaban J connectivity index is 1.74. The Morgan fingerprint density at radius 3 is 2.68 bits per heavy atom. The molecule has 1 saturated carbocycles. The number of hydrogen-bond donors (Lipinski definition) is 0. The van der Waals surface area contributed by atoms with Crippen LogP contribution in [0.5, 0.6) is 0 Å². The third-order valence-corrected chi connectivity index (χ3v) is 5.18. The molecular formula is C16H14N2O4. The van der Waals surface area contributed by atoms with Gasteiger partial charge in [-0.05, 0) is 31.2 Å². The number of carbonyl (C=O) groups is 2. The zero-order valence-corrected chi connectivity index (χ0v) is 11.9. The summed E-state index contributed by atoms with van der Waals surface area (Å²) in [5, 5.41) is 10.9. The highest BCUT2D eigenvalue weighted by molar-refractivity contribution is 6.23. The van der Waals surface area contributed by atoms with Crippen LogP contribution in [-0.2, 0) is 9.59 Å². The number of amides is 2. The number of anilines is 1. The first-order valence-electron chi connectivity index (χ1n) is 7.29. The number of allylic oxidation sites excluding steroid dienone is 2. The van der Waals surface area contributed by atoms with Crippen LogP contribution in [-0.4, -0.2) is 16.7 Å². The summed E-state index contributed by atoms with van der Waals surface area (Å²) in [6.45, 7) is 2.01. The zero-order valence-electron chi connectivity index (χ0n) is 11.9. The molecule has 2 fully saturated rings. The highest BCUT2D eigenvalue weighted by atomic mass is 16.6. The van der Waals surface area contributed by atoms with Gasteiger partial charge in [0.15, 0.2) is 0 Å². The van der Waals surface area contributed by atoms with Crippen molar-refractivity contribution in [1.29, 1.82) is 0 Å². The molecule has 112 valence electrons. The first-order valence-corrected chi connectivity index (χ1v) is 7.29. The maximum absolute atomic E-state index is 12.7. The first kappa shape index (κ1) is 13.2. The number of carbonyl (C=O) groups excluding carboxylic acids is 2. The second-order valence-corrected chi connectivity index (χ2v) is 6.26. The number of hydrogen-bond acceptors (Lipinski definition) is 4. The van der Waals surface area contributed by atoms with E-state index in [-0.39, 0.29) is 41.2 Å². The highest BCUT2D eigenvalue weighted by Crippen LogP contribution is 2.55. The average Bonchev–Trinajstić information content (AvgIpc) is 3.10. The molecule has 1 aromatic rings. The van der Waals surface area contributed by atoms with Gasteiger partial charge in [-0.2, -0.15) is 0 Å². The first-order chi connectivity index (χ1) is 10.5. The molecule has 4 rings (SSSR count). The van der Waals surface area contributed by atoms with Gasteiger partial charge in [0.05, 0.1) is 22.4 Å². The van der Waals surface area contributed by atoms with Crippen molar-refractivity contribution in [1.82, 2.24) is 0 Å². The van der Waals surface area contributed by atoms with Gasteiger partial charge < -0.3 is 0 Å². The standard InChI is InChI=1S/C16H14N2O4/c1-8-5-9-6-12(8)14-13(9)15(19)17(16(14)20)10-3-2-4-11(7-10)18(21)22/h2-5,7,9,12-14H,6H2,1H3/t9-,12+,13+,14-/m0/s1. The van der Waals surface area contributed by atoms with E-state index in [9.17, 15) is 19.7 Å². The molecule has 1 aliphatic heterocycles. The van der Waals surface area contributed by atoms with Gasteiger partial charge in [0.2, 0.25) is 11.8 Å². The number of imide groups is 1. The van der Waals surface area contributed by atoms with Crippen LogP contribution in [0.4, 0.5) is 11.4 Å². The molecule has 1 heterocycles. The van der Waals surface area contributed by atoms with E-state index < -0.39 is 4.92 Å². The summed E-state index contributed by atoms with van der Waals surface area (Å²) in [5.74, 6) is -0.727. The van der Waals surface area contributed by atoms with E-state index in [0.717, 1.165) is 11.3 Å². The lowest BCUT2D eigenvalue weighted by Crippen LogP contribution is -2.32. The number of benzene rings is 1. The SMILES string of the molecule is CC1=C[C@H]2C[C@H]1[C@@H]1C(=O)N(c3cccc([N+](=O)[O-])c3)C(=O)[C@@H]12. The summed E-state index contributed by atoms with van der Waals surface area (Å²) in [7, 11) is 0. The van der Waals surface area contributed by atoms with Crippen LogP contribution in [0.2, 0.25) is 0 Å². The van der Waals surface area contributed by atoms with Gasteiger partial charge in [-0.1, -0.05) is 17.7 Å². The van der Waals surface area contributed by atoms with Gasteiger partial charge in [-0.15, -0.1) is 0 Å². The molecule has 4 atom stereocenters. The van der Waals surface area contributed by atoms with Crippen LogP contribution in [0.15, 0.2) is 35.9 Å². The zero-order chi connectivity index (χ0) is 15.6. The Morgan fingerprint density at radius 1 is 1.23 bits per heavy atom. The third-order valence-electron chi connectivity index (χ3n) is 5.18. The molecule has 2 amide bonds. The Morgan fingerprint density at radius 2 is 1.95 bits per heavy atom. The lowest BCUT2D eigenvalue weighted by atomic mass is 9.82. The summed E-state index contributed by atoms with van der Waals surface area (Å²) in [6.07, 6.45) is 2.98. The molecule has 0 aromatic heterocycles. The molecule has 2 aliphatic carbocycles. The topological polar surface area (TPSA) is 80.5 Å². The lowest BCUT2D eigenvalue weighted by molar-refractivity contribution is -0.384. The summed E-state index contributed by atoms with van der Waals surface area (Å²) in [6, 6.07) is 5.72. The van der Waals surface area contributed by atoms with E-state index in [0.29, 0.717) is 5.69 Å². The summed E-state index contributed by atoms with van der Waals surface area (Å²) in [4.78, 5) is 36.9. The molecule has 2 bridgehead atoms. The lowest BCUT2D eigenvalue weighted by Gasteiger charge is -2.19. The molecule has 1 saturated heterocycles. The van der Waals surface area contributed by atoms with Crippen molar-refractivity contribution in [3.63, 3.8) is 0 Å². The van der Waals surface area contributed by atoms with Gasteiger partial charge in [0, 0.05) is 12.1 Å². The van der Waals surface area contributed by atoms with E-state index >= 15 is 0 Å². The van der Waals surface area contributed by atoms with Crippen LogP contribution in [0.1, 0.15) is 13.3 Å². The average molecular weight is 298 g/mol. The fraction of sp³-hybridized carbons (Fsp3) is 0.375. The van der Waals surface area contributed by atoms with E-state index in [1.54, 1.807) is 6.07 Å². The molecule has 1 aromatic carbocycles. The molecular weight excluding hydrogens is 284 g/mol. The number of nitro groups is 1. The predicted octanol–water partition coefficient (Wildman–Crippen LogP) is 2.30. The largest absolute Gasteiger partial charge is 0.274 e. The monoisotopic (exact) mass is 298 g/mol. The fourth-order valence-corrected chi connectivity index (χ4v) is 4.27. The smallest absolute Gasteiger partial charge is 0.271 e. The summed E-state index contributed by atoms with van der Waals surface area (Å²) in [5.41, 5.74) is 1.37. The number of non-ortho nitro benzene ring substituents is 1. The van der Waals surface area contributed by atoms with Gasteiger partial charge in [0.25, 0.3) is 5.69 Å². The van der Waals surface area contributed by atoms with Crippen LogP contribution in [0.25, 0.3) is 0 Å². The Bertz CT molecular complexity index is 754. The van der Waals surface area contributed by atoms with E-state index in [2.05, 4.69) is 6.08 Å². The van der Waals surface area contributed by atoms with Crippen molar-refractivity contribution in [3.8, 4) is 0 Å². The van der Waals surface area contributed by atoms with Crippen LogP contribution < -0.4 is 4.90 Å². The number of fused-ring (bicyclic) bond motifs is 5. The maximum atomic E-state index is 12.7. The van der Waals surface area contributed by atoms with Crippen molar-refractivity contribution in [2.75, 3.05) is 4.90 Å². The molecule has 22 heavy (non-hydrogen) atoms. The number of nitrogens with zero attached hydrogens (tertiary/aromatic N) is 2. The molecule has 6 nitrogen and oxygen atoms in total. The molecule has 0 unspecified atom stereocenters. The number of nitro benzene ring substituents is 1. The van der Waals surface area contributed by atoms with Crippen molar-refractivity contribution in [2.45, 2.75) is 13.3 Å². The van der Waals surface area contributed by atoms with Crippen LogP contribution in [0.3, 0.4) is 0 Å². The molecule has 3 aliphatic rings. The molecule has 0 spiro atoms. The summed E-state index contributed by atoms with van der Waals surface area (Å²) < 4.78 is 0. The molecule has 0 N–H and O–H groups in total. The minimum absolute atomic E-state index is 0.118. The maximum Gasteiger partial charge on any atom is 0.271 e. The van der Waals surface area contributed by atoms with Gasteiger partial charge in [-0.3, -0.25) is 19.7 Å². The van der Waals surface area contributed by atoms with Crippen molar-refractivity contribution >= 4 is 23.2 Å². The normalized spacial score (nSPS) is 32.4. The van der Waals surface area contributed by atoms with Crippen molar-refractivity contribution in [3.05, 3.63) is 46.0 Å². The van der Waals surface area contributed by atoms with E-state index in [4.69, 9.17) is 0 Å².